The number of carbonyl (C=O) groups is 3. The van der Waals surface area contributed by atoms with E-state index >= 15 is 0 Å². The zero-order valence-corrected chi connectivity index (χ0v) is 19.0. The zero-order chi connectivity index (χ0) is 23.6. The molecule has 10 heteroatoms. The van der Waals surface area contributed by atoms with Crippen LogP contribution in [0.5, 0.6) is 0 Å². The number of nitrogens with zero attached hydrogens (tertiary/aromatic N) is 2. The molecule has 168 valence electrons. The lowest BCUT2D eigenvalue weighted by Crippen LogP contribution is -2.49. The number of aromatic nitrogens is 1. The van der Waals surface area contributed by atoms with Crippen LogP contribution in [0.25, 0.3) is 0 Å². The third-order valence-corrected chi connectivity index (χ3v) is 5.32. The number of benzene rings is 1. The second-order valence-electron chi connectivity index (χ2n) is 8.31. The van der Waals surface area contributed by atoms with Gasteiger partial charge in [-0.2, -0.15) is 4.37 Å². The van der Waals surface area contributed by atoms with Gasteiger partial charge >= 0.3 is 0 Å². The van der Waals surface area contributed by atoms with E-state index < -0.39 is 29.3 Å². The number of amides is 3. The number of nitrogens with one attached hydrogen (secondary N) is 1. The SMILES string of the molecule is Cc1cccc(N(C(=O)c2snc(C(N)=O)c2N)C(C(=O)NC(C)(C)C)c2ccco2)c1. The van der Waals surface area contributed by atoms with Crippen LogP contribution in [0.3, 0.4) is 0 Å². The molecule has 2 aromatic heterocycles. The highest BCUT2D eigenvalue weighted by atomic mass is 32.1. The van der Waals surface area contributed by atoms with E-state index in [-0.39, 0.29) is 22.0 Å². The predicted octanol–water partition coefficient (Wildman–Crippen LogP) is 3.03. The van der Waals surface area contributed by atoms with Crippen LogP contribution in [-0.2, 0) is 4.79 Å². The maximum absolute atomic E-state index is 13.8. The second kappa shape index (κ2) is 8.83. The maximum atomic E-state index is 13.8. The summed E-state index contributed by atoms with van der Waals surface area (Å²) in [5, 5.41) is 2.91. The average molecular weight is 456 g/mol. The van der Waals surface area contributed by atoms with Crippen molar-refractivity contribution < 1.29 is 18.8 Å². The number of nitrogen functional groups attached to an aromatic ring is 1. The van der Waals surface area contributed by atoms with Gasteiger partial charge in [0.2, 0.25) is 0 Å². The van der Waals surface area contributed by atoms with Crippen molar-refractivity contribution in [2.75, 3.05) is 10.6 Å². The van der Waals surface area contributed by atoms with Gasteiger partial charge in [0.25, 0.3) is 17.7 Å². The minimum Gasteiger partial charge on any atom is -0.467 e. The molecule has 0 bridgehead atoms. The molecule has 0 spiro atoms. The summed E-state index contributed by atoms with van der Waals surface area (Å²) in [7, 11) is 0. The molecule has 1 atom stereocenters. The monoisotopic (exact) mass is 455 g/mol. The molecular formula is C22H25N5O4S. The Labute approximate surface area is 189 Å². The number of nitrogens with two attached hydrogens (primary N) is 2. The maximum Gasteiger partial charge on any atom is 0.273 e. The van der Waals surface area contributed by atoms with E-state index in [1.165, 1.54) is 11.2 Å². The largest absolute Gasteiger partial charge is 0.467 e. The minimum atomic E-state index is -1.14. The van der Waals surface area contributed by atoms with Crippen LogP contribution >= 0.6 is 11.5 Å². The molecule has 1 unspecified atom stereocenters. The molecule has 0 radical (unpaired) electrons. The summed E-state index contributed by atoms with van der Waals surface area (Å²) in [4.78, 5) is 40.1. The van der Waals surface area contributed by atoms with Gasteiger partial charge in [-0.1, -0.05) is 12.1 Å². The van der Waals surface area contributed by atoms with E-state index in [0.717, 1.165) is 17.1 Å². The Bertz CT molecular complexity index is 1150. The molecule has 0 saturated heterocycles. The van der Waals surface area contributed by atoms with E-state index in [0.29, 0.717) is 5.69 Å². The highest BCUT2D eigenvalue weighted by Crippen LogP contribution is 2.34. The number of rotatable bonds is 6. The smallest absolute Gasteiger partial charge is 0.273 e. The summed E-state index contributed by atoms with van der Waals surface area (Å²) in [5.74, 6) is -1.63. The molecule has 32 heavy (non-hydrogen) atoms. The lowest BCUT2D eigenvalue weighted by molar-refractivity contribution is -0.124. The van der Waals surface area contributed by atoms with Gasteiger partial charge in [0, 0.05) is 11.2 Å². The van der Waals surface area contributed by atoms with E-state index in [1.807, 2.05) is 33.8 Å². The molecule has 3 rings (SSSR count). The molecule has 0 aliphatic rings. The first-order valence-corrected chi connectivity index (χ1v) is 10.6. The van der Waals surface area contributed by atoms with Crippen LogP contribution in [0.1, 0.15) is 58.3 Å². The lowest BCUT2D eigenvalue weighted by Gasteiger charge is -2.32. The fourth-order valence-corrected chi connectivity index (χ4v) is 3.90. The summed E-state index contributed by atoms with van der Waals surface area (Å²) in [6.07, 6.45) is 1.43. The van der Waals surface area contributed by atoms with Gasteiger partial charge in [-0.25, -0.2) is 0 Å². The fourth-order valence-electron chi connectivity index (χ4n) is 3.16. The first kappa shape index (κ1) is 23.0. The Kier molecular flexibility index (Phi) is 6.35. The van der Waals surface area contributed by atoms with Gasteiger partial charge in [0.05, 0.1) is 12.0 Å². The Balaban J connectivity index is 2.19. The van der Waals surface area contributed by atoms with Crippen LogP contribution in [0.4, 0.5) is 11.4 Å². The van der Waals surface area contributed by atoms with Gasteiger partial charge in [-0.15, -0.1) is 0 Å². The summed E-state index contributed by atoms with van der Waals surface area (Å²) < 4.78 is 9.48. The lowest BCUT2D eigenvalue weighted by atomic mass is 10.0. The van der Waals surface area contributed by atoms with Gasteiger partial charge < -0.3 is 21.2 Å². The highest BCUT2D eigenvalue weighted by Gasteiger charge is 2.38. The molecule has 5 N–H and O–H groups in total. The average Bonchev–Trinajstić information content (AvgIpc) is 3.33. The Hall–Kier alpha value is -3.66. The van der Waals surface area contributed by atoms with Gasteiger partial charge in [0.1, 0.15) is 10.6 Å². The number of primary amides is 1. The number of hydrogen-bond donors (Lipinski definition) is 3. The van der Waals surface area contributed by atoms with Crippen LogP contribution in [0, 0.1) is 6.92 Å². The van der Waals surface area contributed by atoms with Gasteiger partial charge in [-0.3, -0.25) is 19.3 Å². The van der Waals surface area contributed by atoms with Crippen LogP contribution < -0.4 is 21.7 Å². The van der Waals surface area contributed by atoms with Crippen molar-refractivity contribution in [2.24, 2.45) is 5.73 Å². The topological polar surface area (TPSA) is 145 Å². The molecule has 3 amide bonds. The van der Waals surface area contributed by atoms with Crippen molar-refractivity contribution in [1.82, 2.24) is 9.69 Å². The van der Waals surface area contributed by atoms with Gasteiger partial charge in [0.15, 0.2) is 11.7 Å². The van der Waals surface area contributed by atoms with Crippen LogP contribution in [0.15, 0.2) is 47.1 Å². The van der Waals surface area contributed by atoms with E-state index in [2.05, 4.69) is 9.69 Å². The summed E-state index contributed by atoms with van der Waals surface area (Å²) in [5.41, 5.74) is 11.8. The molecule has 0 fully saturated rings. The molecule has 0 aliphatic heterocycles. The van der Waals surface area contributed by atoms with Crippen molar-refractivity contribution in [3.63, 3.8) is 0 Å². The van der Waals surface area contributed by atoms with E-state index in [4.69, 9.17) is 15.9 Å². The van der Waals surface area contributed by atoms with E-state index in [9.17, 15) is 14.4 Å². The highest BCUT2D eigenvalue weighted by molar-refractivity contribution is 7.09. The first-order chi connectivity index (χ1) is 15.0. The number of anilines is 2. The fraction of sp³-hybridized carbons (Fsp3) is 0.273. The number of furan rings is 1. The minimum absolute atomic E-state index is 0.000390. The van der Waals surface area contributed by atoms with Crippen molar-refractivity contribution in [1.29, 1.82) is 0 Å². The first-order valence-electron chi connectivity index (χ1n) is 9.80. The summed E-state index contributed by atoms with van der Waals surface area (Å²) in [6.45, 7) is 7.38. The molecule has 2 heterocycles. The Morgan fingerprint density at radius 2 is 1.91 bits per heavy atom. The molecule has 9 nitrogen and oxygen atoms in total. The third kappa shape index (κ3) is 4.80. The van der Waals surface area contributed by atoms with Crippen LogP contribution in [-0.4, -0.2) is 27.6 Å². The van der Waals surface area contributed by atoms with Crippen molar-refractivity contribution in [2.45, 2.75) is 39.3 Å². The number of aryl methyl sites for hydroxylation is 1. The quantitative estimate of drug-likeness (QED) is 0.521. The Morgan fingerprint density at radius 3 is 2.44 bits per heavy atom. The Morgan fingerprint density at radius 1 is 1.19 bits per heavy atom. The second-order valence-corrected chi connectivity index (χ2v) is 9.08. The van der Waals surface area contributed by atoms with Crippen molar-refractivity contribution in [3.8, 4) is 0 Å². The number of carbonyl (C=O) groups excluding carboxylic acids is 3. The standard InChI is InChI=1S/C22H25N5O4S/c1-12-7-5-8-13(11-12)27(21(30)18-15(23)16(19(24)28)26-32-18)17(14-9-6-10-31-14)20(29)25-22(2,3)4/h5-11,17H,23H2,1-4H3,(H2,24,28)(H,25,29). The van der Waals surface area contributed by atoms with E-state index in [1.54, 1.807) is 30.3 Å². The molecule has 0 aliphatic carbocycles. The molecule has 0 saturated carbocycles. The predicted molar refractivity (Wildman–Crippen MR) is 122 cm³/mol. The summed E-state index contributed by atoms with van der Waals surface area (Å²) >= 11 is 0.750. The normalized spacial score (nSPS) is 12.2. The zero-order valence-electron chi connectivity index (χ0n) is 18.2. The van der Waals surface area contributed by atoms with Crippen molar-refractivity contribution >= 4 is 40.6 Å². The van der Waals surface area contributed by atoms with Crippen LogP contribution in [0.2, 0.25) is 0 Å². The molecule has 1 aromatic carbocycles. The number of hydrogen-bond acceptors (Lipinski definition) is 7. The summed E-state index contributed by atoms with van der Waals surface area (Å²) in [6, 6.07) is 9.23. The molecular weight excluding hydrogens is 430 g/mol. The van der Waals surface area contributed by atoms with Gasteiger partial charge in [-0.05, 0) is 69.1 Å². The third-order valence-electron chi connectivity index (χ3n) is 4.47. The molecule has 3 aromatic rings. The van der Waals surface area contributed by atoms with Crippen molar-refractivity contribution in [3.05, 3.63) is 64.6 Å².